The minimum absolute atomic E-state index is 0.0949. The molecule has 1 aliphatic heterocycles. The summed E-state index contributed by atoms with van der Waals surface area (Å²) in [5.41, 5.74) is 1.08. The molecule has 7 nitrogen and oxygen atoms in total. The minimum Gasteiger partial charge on any atom is -0.490 e. The number of hydrogen-bond acceptors (Lipinski definition) is 5. The van der Waals surface area contributed by atoms with Crippen molar-refractivity contribution in [1.82, 2.24) is 0 Å². The summed E-state index contributed by atoms with van der Waals surface area (Å²) in [7, 11) is 1.38. The molecule has 0 radical (unpaired) electrons. The monoisotopic (exact) mass is 376 g/mol. The first-order valence-corrected chi connectivity index (χ1v) is 9.38. The number of thiophene rings is 1. The highest BCUT2D eigenvalue weighted by atomic mass is 32.1. The Morgan fingerprint density at radius 3 is 2.96 bits per heavy atom. The largest absolute Gasteiger partial charge is 0.490 e. The predicted octanol–water partition coefficient (Wildman–Crippen LogP) is 2.33. The lowest BCUT2D eigenvalue weighted by Crippen LogP contribution is -3.11. The Labute approximate surface area is 155 Å². The number of nitrogens with zero attached hydrogens (tertiary/aromatic N) is 1. The van der Waals surface area contributed by atoms with Gasteiger partial charge in [-0.25, -0.2) is 0 Å². The van der Waals surface area contributed by atoms with Crippen LogP contribution in [0.2, 0.25) is 0 Å². The molecule has 2 aromatic rings. The smallest absolute Gasteiger partial charge is 0.311 e. The lowest BCUT2D eigenvalue weighted by atomic mass is 10.1. The van der Waals surface area contributed by atoms with E-state index in [1.54, 1.807) is 18.3 Å². The number of benzene rings is 1. The number of likely N-dealkylation sites (tertiary alicyclic amines) is 1. The normalized spacial score (nSPS) is 19.3. The van der Waals surface area contributed by atoms with Gasteiger partial charge in [-0.05, 0) is 23.9 Å². The van der Waals surface area contributed by atoms with E-state index >= 15 is 0 Å². The Morgan fingerprint density at radius 1 is 1.50 bits per heavy atom. The van der Waals surface area contributed by atoms with Crippen molar-refractivity contribution >= 4 is 28.6 Å². The Balaban J connectivity index is 1.71. The maximum absolute atomic E-state index is 12.6. The number of ether oxygens (including phenoxy) is 1. The molecule has 2 heterocycles. The standard InChI is InChI=1S/C18H21N3O4S/c1-12-9-15(21(23)24)16(25-2)10-13(12)19-18(22)11-20-7-3-5-14(20)17-6-4-8-26-17/h4,6,8-10,14H,3,5,7,11H2,1-2H3,(H,19,22)/p+1/t14-/m1/s1. The molecule has 1 aliphatic rings. The van der Waals surface area contributed by atoms with Crippen LogP contribution in [0.4, 0.5) is 11.4 Å². The third-order valence-corrected chi connectivity index (χ3v) is 5.74. The van der Waals surface area contributed by atoms with Gasteiger partial charge in [-0.3, -0.25) is 14.9 Å². The van der Waals surface area contributed by atoms with Gasteiger partial charge in [-0.2, -0.15) is 0 Å². The number of hydrogen-bond donors (Lipinski definition) is 2. The van der Waals surface area contributed by atoms with Crippen LogP contribution >= 0.6 is 11.3 Å². The van der Waals surface area contributed by atoms with E-state index in [0.717, 1.165) is 19.4 Å². The van der Waals surface area contributed by atoms with Crippen LogP contribution in [-0.2, 0) is 4.79 Å². The fourth-order valence-corrected chi connectivity index (χ4v) is 4.39. The van der Waals surface area contributed by atoms with Crippen LogP contribution < -0.4 is 15.0 Å². The van der Waals surface area contributed by atoms with E-state index in [0.29, 0.717) is 23.8 Å². The number of carbonyl (C=O) groups excluding carboxylic acids is 1. The van der Waals surface area contributed by atoms with Crippen molar-refractivity contribution in [1.29, 1.82) is 0 Å². The molecular weight excluding hydrogens is 354 g/mol. The van der Waals surface area contributed by atoms with Gasteiger partial charge in [-0.15, -0.1) is 11.3 Å². The summed E-state index contributed by atoms with van der Waals surface area (Å²) < 4.78 is 5.09. The number of anilines is 1. The molecule has 0 aliphatic carbocycles. The number of aryl methyl sites for hydroxylation is 1. The van der Waals surface area contributed by atoms with Gasteiger partial charge in [0.15, 0.2) is 12.3 Å². The molecule has 8 heteroatoms. The summed E-state index contributed by atoms with van der Waals surface area (Å²) in [6.45, 7) is 3.08. The SMILES string of the molecule is COc1cc(NC(=O)C[NH+]2CCC[C@@H]2c2cccs2)c(C)cc1[N+](=O)[O-]. The maximum atomic E-state index is 12.6. The number of nitrogens with one attached hydrogen (secondary N) is 2. The maximum Gasteiger partial charge on any atom is 0.311 e. The molecule has 1 aromatic carbocycles. The summed E-state index contributed by atoms with van der Waals surface area (Å²) in [4.78, 5) is 25.7. The van der Waals surface area contributed by atoms with Crippen LogP contribution in [0.25, 0.3) is 0 Å². The van der Waals surface area contributed by atoms with Crippen molar-refractivity contribution in [2.24, 2.45) is 0 Å². The second kappa shape index (κ2) is 7.84. The number of nitro benzene ring substituents is 1. The molecule has 0 saturated carbocycles. The average Bonchev–Trinajstić information content (AvgIpc) is 3.27. The molecular formula is C18H22N3O4S+. The second-order valence-corrected chi connectivity index (χ2v) is 7.42. The number of quaternary nitrogens is 1. The topological polar surface area (TPSA) is 85.9 Å². The Morgan fingerprint density at radius 2 is 2.31 bits per heavy atom. The van der Waals surface area contributed by atoms with Gasteiger partial charge in [0.05, 0.1) is 23.5 Å². The van der Waals surface area contributed by atoms with Gasteiger partial charge in [0, 0.05) is 30.7 Å². The molecule has 1 aromatic heterocycles. The zero-order chi connectivity index (χ0) is 18.7. The second-order valence-electron chi connectivity index (χ2n) is 6.44. The zero-order valence-electron chi connectivity index (χ0n) is 14.8. The molecule has 1 amide bonds. The van der Waals surface area contributed by atoms with Gasteiger partial charge in [-0.1, -0.05) is 6.07 Å². The summed E-state index contributed by atoms with van der Waals surface area (Å²) >= 11 is 1.73. The van der Waals surface area contributed by atoms with Crippen molar-refractivity contribution in [2.45, 2.75) is 25.8 Å². The molecule has 1 fully saturated rings. The van der Waals surface area contributed by atoms with Crippen LogP contribution in [-0.4, -0.2) is 31.0 Å². The molecule has 3 rings (SSSR count). The highest BCUT2D eigenvalue weighted by molar-refractivity contribution is 7.10. The zero-order valence-corrected chi connectivity index (χ0v) is 15.6. The minimum atomic E-state index is -0.489. The molecule has 2 atom stereocenters. The van der Waals surface area contributed by atoms with Gasteiger partial charge in [0.2, 0.25) is 0 Å². The molecule has 1 unspecified atom stereocenters. The molecule has 0 spiro atoms. The van der Waals surface area contributed by atoms with E-state index in [2.05, 4.69) is 16.8 Å². The highest BCUT2D eigenvalue weighted by Gasteiger charge is 2.32. The average molecular weight is 376 g/mol. The van der Waals surface area contributed by atoms with Crippen molar-refractivity contribution < 1.29 is 19.4 Å². The quantitative estimate of drug-likeness (QED) is 0.598. The van der Waals surface area contributed by atoms with Crippen molar-refractivity contribution in [3.05, 3.63) is 50.2 Å². The Kier molecular flexibility index (Phi) is 5.53. The molecule has 1 saturated heterocycles. The van der Waals surface area contributed by atoms with Crippen molar-refractivity contribution in [3.63, 3.8) is 0 Å². The van der Waals surface area contributed by atoms with E-state index in [-0.39, 0.29) is 17.3 Å². The van der Waals surface area contributed by atoms with Gasteiger partial charge < -0.3 is 15.0 Å². The van der Waals surface area contributed by atoms with Crippen LogP contribution in [0.3, 0.4) is 0 Å². The highest BCUT2D eigenvalue weighted by Crippen LogP contribution is 2.32. The first kappa shape index (κ1) is 18.3. The predicted molar refractivity (Wildman–Crippen MR) is 100 cm³/mol. The van der Waals surface area contributed by atoms with Gasteiger partial charge in [0.25, 0.3) is 5.91 Å². The lowest BCUT2D eigenvalue weighted by molar-refractivity contribution is -0.910. The Bertz CT molecular complexity index is 807. The van der Waals surface area contributed by atoms with Crippen LogP contribution in [0.15, 0.2) is 29.6 Å². The van der Waals surface area contributed by atoms with E-state index in [9.17, 15) is 14.9 Å². The van der Waals surface area contributed by atoms with E-state index in [1.807, 2.05) is 6.07 Å². The summed E-state index contributed by atoms with van der Waals surface area (Å²) in [6, 6.07) is 7.48. The van der Waals surface area contributed by atoms with Crippen LogP contribution in [0, 0.1) is 17.0 Å². The number of rotatable bonds is 6. The first-order chi connectivity index (χ1) is 12.5. The number of nitro groups is 1. The molecule has 2 N–H and O–H groups in total. The van der Waals surface area contributed by atoms with E-state index in [1.165, 1.54) is 29.0 Å². The number of amides is 1. The molecule has 138 valence electrons. The fourth-order valence-electron chi connectivity index (χ4n) is 3.47. The lowest BCUT2D eigenvalue weighted by Gasteiger charge is -2.20. The van der Waals surface area contributed by atoms with Gasteiger partial charge in [0.1, 0.15) is 6.04 Å². The number of methoxy groups -OCH3 is 1. The third kappa shape index (κ3) is 3.86. The van der Waals surface area contributed by atoms with E-state index in [4.69, 9.17) is 4.74 Å². The molecule has 26 heavy (non-hydrogen) atoms. The van der Waals surface area contributed by atoms with E-state index < -0.39 is 4.92 Å². The molecule has 0 bridgehead atoms. The summed E-state index contributed by atoms with van der Waals surface area (Å²) in [5.74, 6) is 0.0448. The van der Waals surface area contributed by atoms with Gasteiger partial charge >= 0.3 is 5.69 Å². The van der Waals surface area contributed by atoms with Crippen molar-refractivity contribution in [2.75, 3.05) is 25.5 Å². The van der Waals surface area contributed by atoms with Crippen LogP contribution in [0.1, 0.15) is 29.3 Å². The van der Waals surface area contributed by atoms with Crippen molar-refractivity contribution in [3.8, 4) is 5.75 Å². The third-order valence-electron chi connectivity index (χ3n) is 4.75. The van der Waals surface area contributed by atoms with Crippen LogP contribution in [0.5, 0.6) is 5.75 Å². The Hall–Kier alpha value is -2.45. The fraction of sp³-hybridized carbons (Fsp3) is 0.389. The first-order valence-electron chi connectivity index (χ1n) is 8.50. The summed E-state index contributed by atoms with van der Waals surface area (Å²) in [5, 5.41) is 16.0. The number of carbonyl (C=O) groups is 1. The summed E-state index contributed by atoms with van der Waals surface area (Å²) in [6.07, 6.45) is 2.20.